The molecule has 1 aromatic carbocycles. The second-order valence-electron chi connectivity index (χ2n) is 4.59. The van der Waals surface area contributed by atoms with Gasteiger partial charge in [-0.2, -0.15) is 0 Å². The summed E-state index contributed by atoms with van der Waals surface area (Å²) in [7, 11) is 0. The number of amides is 1. The molecule has 1 aliphatic heterocycles. The van der Waals surface area contributed by atoms with E-state index in [2.05, 4.69) is 10.3 Å². The second-order valence-corrected chi connectivity index (χ2v) is 4.59. The topological polar surface area (TPSA) is 71.2 Å². The first-order valence-electron chi connectivity index (χ1n) is 6.39. The SMILES string of the molecule is O=C(O)N1CC=C(c2cn(-c3ccccc3)nn2)CC1. The number of carbonyl (C=O) groups is 1. The van der Waals surface area contributed by atoms with Crippen LogP contribution >= 0.6 is 0 Å². The Morgan fingerprint density at radius 3 is 2.70 bits per heavy atom. The van der Waals surface area contributed by atoms with E-state index in [1.165, 1.54) is 4.90 Å². The van der Waals surface area contributed by atoms with Gasteiger partial charge in [-0.25, -0.2) is 9.48 Å². The van der Waals surface area contributed by atoms with Crippen molar-refractivity contribution in [2.24, 2.45) is 0 Å². The van der Waals surface area contributed by atoms with Crippen LogP contribution in [-0.4, -0.2) is 44.2 Å². The van der Waals surface area contributed by atoms with Gasteiger partial charge in [0.2, 0.25) is 0 Å². The number of nitrogens with zero attached hydrogens (tertiary/aromatic N) is 4. The van der Waals surface area contributed by atoms with Crippen molar-refractivity contribution >= 4 is 11.7 Å². The number of carboxylic acid groups (broad SMARTS) is 1. The summed E-state index contributed by atoms with van der Waals surface area (Å²) < 4.78 is 1.72. The van der Waals surface area contributed by atoms with E-state index in [4.69, 9.17) is 5.11 Å². The summed E-state index contributed by atoms with van der Waals surface area (Å²) in [6, 6.07) is 9.76. The summed E-state index contributed by atoms with van der Waals surface area (Å²) in [5.74, 6) is 0. The molecule has 1 amide bonds. The Morgan fingerprint density at radius 2 is 2.05 bits per heavy atom. The Morgan fingerprint density at radius 1 is 1.25 bits per heavy atom. The first kappa shape index (κ1) is 12.4. The highest BCUT2D eigenvalue weighted by Crippen LogP contribution is 2.21. The molecule has 0 bridgehead atoms. The highest BCUT2D eigenvalue weighted by Gasteiger charge is 2.18. The molecular weight excluding hydrogens is 256 g/mol. The van der Waals surface area contributed by atoms with Gasteiger partial charge in [0.25, 0.3) is 0 Å². The lowest BCUT2D eigenvalue weighted by Crippen LogP contribution is -2.33. The third-order valence-corrected chi connectivity index (χ3v) is 3.32. The number of hydrogen-bond donors (Lipinski definition) is 1. The van der Waals surface area contributed by atoms with Crippen LogP contribution in [0.2, 0.25) is 0 Å². The first-order valence-corrected chi connectivity index (χ1v) is 6.39. The fraction of sp³-hybridized carbons (Fsp3) is 0.214. The second kappa shape index (κ2) is 5.16. The molecule has 0 unspecified atom stereocenters. The Balaban J connectivity index is 1.80. The highest BCUT2D eigenvalue weighted by atomic mass is 16.4. The molecule has 0 radical (unpaired) electrons. The summed E-state index contributed by atoms with van der Waals surface area (Å²) in [6.07, 6.45) is 3.56. The van der Waals surface area contributed by atoms with Crippen LogP contribution in [0.4, 0.5) is 4.79 Å². The summed E-state index contributed by atoms with van der Waals surface area (Å²) >= 11 is 0. The smallest absolute Gasteiger partial charge is 0.407 e. The van der Waals surface area contributed by atoms with Gasteiger partial charge in [-0.15, -0.1) is 5.10 Å². The van der Waals surface area contributed by atoms with Gasteiger partial charge in [-0.1, -0.05) is 29.5 Å². The molecule has 102 valence electrons. The van der Waals surface area contributed by atoms with E-state index in [0.717, 1.165) is 17.0 Å². The molecule has 2 aromatic rings. The standard InChI is InChI=1S/C14H14N4O2/c19-14(20)17-8-6-11(7-9-17)13-10-18(16-15-13)12-4-2-1-3-5-12/h1-6,10H,7-9H2,(H,19,20). The third kappa shape index (κ3) is 2.40. The minimum absolute atomic E-state index is 0.406. The zero-order valence-electron chi connectivity index (χ0n) is 10.8. The molecule has 20 heavy (non-hydrogen) atoms. The van der Waals surface area contributed by atoms with E-state index in [1.54, 1.807) is 4.68 Å². The molecular formula is C14H14N4O2. The van der Waals surface area contributed by atoms with Gasteiger partial charge >= 0.3 is 6.09 Å². The van der Waals surface area contributed by atoms with Crippen LogP contribution in [0.3, 0.4) is 0 Å². The molecule has 0 fully saturated rings. The molecule has 0 aliphatic carbocycles. The largest absolute Gasteiger partial charge is 0.465 e. The molecule has 0 atom stereocenters. The fourth-order valence-electron chi connectivity index (χ4n) is 2.19. The number of rotatable bonds is 2. The number of para-hydroxylation sites is 1. The Kier molecular flexibility index (Phi) is 3.20. The van der Waals surface area contributed by atoms with Gasteiger partial charge in [0, 0.05) is 13.1 Å². The quantitative estimate of drug-likeness (QED) is 0.906. The van der Waals surface area contributed by atoms with Crippen molar-refractivity contribution in [2.45, 2.75) is 6.42 Å². The maximum atomic E-state index is 10.9. The van der Waals surface area contributed by atoms with Gasteiger partial charge < -0.3 is 10.0 Å². The van der Waals surface area contributed by atoms with Gasteiger partial charge in [0.1, 0.15) is 5.69 Å². The maximum absolute atomic E-state index is 10.9. The van der Waals surface area contributed by atoms with Crippen molar-refractivity contribution in [2.75, 3.05) is 13.1 Å². The van der Waals surface area contributed by atoms with Crippen molar-refractivity contribution in [3.63, 3.8) is 0 Å². The number of aromatic nitrogens is 3. The molecule has 0 spiro atoms. The Hall–Kier alpha value is -2.63. The Labute approximate surface area is 115 Å². The molecule has 2 heterocycles. The predicted octanol–water partition coefficient (Wildman–Crippen LogP) is 2.03. The van der Waals surface area contributed by atoms with E-state index in [1.807, 2.05) is 42.6 Å². The predicted molar refractivity (Wildman–Crippen MR) is 73.6 cm³/mol. The molecule has 1 N–H and O–H groups in total. The summed E-state index contributed by atoms with van der Waals surface area (Å²) in [5, 5.41) is 17.2. The van der Waals surface area contributed by atoms with Crippen molar-refractivity contribution < 1.29 is 9.90 Å². The van der Waals surface area contributed by atoms with Crippen LogP contribution < -0.4 is 0 Å². The molecule has 1 aliphatic rings. The molecule has 3 rings (SSSR count). The van der Waals surface area contributed by atoms with E-state index >= 15 is 0 Å². The normalized spacial score (nSPS) is 15.0. The van der Waals surface area contributed by atoms with Crippen molar-refractivity contribution in [3.05, 3.63) is 48.3 Å². The van der Waals surface area contributed by atoms with Gasteiger partial charge in [0.05, 0.1) is 11.9 Å². The van der Waals surface area contributed by atoms with Crippen LogP contribution in [-0.2, 0) is 0 Å². The minimum Gasteiger partial charge on any atom is -0.465 e. The lowest BCUT2D eigenvalue weighted by molar-refractivity contribution is 0.150. The lowest BCUT2D eigenvalue weighted by atomic mass is 10.1. The molecule has 0 saturated carbocycles. The number of hydrogen-bond acceptors (Lipinski definition) is 3. The summed E-state index contributed by atoms with van der Waals surface area (Å²) in [6.45, 7) is 0.905. The van der Waals surface area contributed by atoms with E-state index in [0.29, 0.717) is 19.5 Å². The van der Waals surface area contributed by atoms with Crippen LogP contribution in [0.5, 0.6) is 0 Å². The van der Waals surface area contributed by atoms with Gasteiger partial charge in [-0.05, 0) is 24.1 Å². The van der Waals surface area contributed by atoms with Gasteiger partial charge in [0.15, 0.2) is 0 Å². The van der Waals surface area contributed by atoms with E-state index in [-0.39, 0.29) is 0 Å². The maximum Gasteiger partial charge on any atom is 0.407 e. The monoisotopic (exact) mass is 270 g/mol. The fourth-order valence-corrected chi connectivity index (χ4v) is 2.19. The molecule has 0 saturated heterocycles. The number of benzene rings is 1. The first-order chi connectivity index (χ1) is 9.74. The van der Waals surface area contributed by atoms with Crippen molar-refractivity contribution in [3.8, 4) is 5.69 Å². The van der Waals surface area contributed by atoms with E-state index in [9.17, 15) is 4.79 Å². The lowest BCUT2D eigenvalue weighted by Gasteiger charge is -2.22. The van der Waals surface area contributed by atoms with Crippen molar-refractivity contribution in [1.29, 1.82) is 0 Å². The van der Waals surface area contributed by atoms with Gasteiger partial charge in [-0.3, -0.25) is 0 Å². The van der Waals surface area contributed by atoms with Crippen LogP contribution in [0, 0.1) is 0 Å². The zero-order chi connectivity index (χ0) is 13.9. The molecule has 1 aromatic heterocycles. The van der Waals surface area contributed by atoms with E-state index < -0.39 is 6.09 Å². The summed E-state index contributed by atoms with van der Waals surface area (Å²) in [5.41, 5.74) is 2.80. The minimum atomic E-state index is -0.881. The average Bonchev–Trinajstić information content (AvgIpc) is 2.98. The molecule has 6 nitrogen and oxygen atoms in total. The highest BCUT2D eigenvalue weighted by molar-refractivity contribution is 5.69. The van der Waals surface area contributed by atoms with Crippen molar-refractivity contribution in [1.82, 2.24) is 19.9 Å². The molecule has 6 heteroatoms. The van der Waals surface area contributed by atoms with Crippen LogP contribution in [0.25, 0.3) is 11.3 Å². The summed E-state index contributed by atoms with van der Waals surface area (Å²) in [4.78, 5) is 12.2. The van der Waals surface area contributed by atoms with Crippen LogP contribution in [0.15, 0.2) is 42.6 Å². The van der Waals surface area contributed by atoms with Crippen LogP contribution in [0.1, 0.15) is 12.1 Å². The average molecular weight is 270 g/mol. The Bertz CT molecular complexity index is 648. The zero-order valence-corrected chi connectivity index (χ0v) is 10.8. The third-order valence-electron chi connectivity index (χ3n) is 3.32.